The van der Waals surface area contributed by atoms with Crippen molar-refractivity contribution in [3.8, 4) is 5.75 Å². The lowest BCUT2D eigenvalue weighted by Crippen LogP contribution is -2.84. The SMILES string of the molecule is O=C(COc1ccc(Cl)c(F)c1)NC12CC(NC(=O)c3cnsn3)(C1)C2. The van der Waals surface area contributed by atoms with Crippen LogP contribution in [0.4, 0.5) is 4.39 Å². The summed E-state index contributed by atoms with van der Waals surface area (Å²) < 4.78 is 26.3. The molecule has 2 N–H and O–H groups in total. The molecule has 2 amide bonds. The van der Waals surface area contributed by atoms with Crippen LogP contribution in [0.25, 0.3) is 0 Å². The van der Waals surface area contributed by atoms with Gasteiger partial charge in [-0.1, -0.05) is 11.6 Å². The lowest BCUT2D eigenvalue weighted by molar-refractivity contribution is -0.141. The summed E-state index contributed by atoms with van der Waals surface area (Å²) in [7, 11) is 0. The Balaban J connectivity index is 1.23. The van der Waals surface area contributed by atoms with Crippen LogP contribution in [0.2, 0.25) is 5.02 Å². The lowest BCUT2D eigenvalue weighted by atomic mass is 9.44. The van der Waals surface area contributed by atoms with Crippen molar-refractivity contribution in [3.05, 3.63) is 40.9 Å². The van der Waals surface area contributed by atoms with E-state index in [4.69, 9.17) is 16.3 Å². The minimum Gasteiger partial charge on any atom is -0.484 e. The van der Waals surface area contributed by atoms with E-state index in [0.29, 0.717) is 25.0 Å². The number of benzene rings is 1. The van der Waals surface area contributed by atoms with Crippen molar-refractivity contribution < 1.29 is 18.7 Å². The van der Waals surface area contributed by atoms with Crippen LogP contribution in [0.3, 0.4) is 0 Å². The molecule has 0 atom stereocenters. The molecule has 1 heterocycles. The molecule has 26 heavy (non-hydrogen) atoms. The molecule has 0 spiro atoms. The average Bonchev–Trinajstić information content (AvgIpc) is 3.07. The van der Waals surface area contributed by atoms with Crippen molar-refractivity contribution in [1.82, 2.24) is 19.4 Å². The first-order valence-corrected chi connectivity index (χ1v) is 8.99. The normalized spacial score (nSPS) is 25.6. The van der Waals surface area contributed by atoms with Gasteiger partial charge in [-0.3, -0.25) is 9.59 Å². The molecule has 3 aliphatic rings. The van der Waals surface area contributed by atoms with Crippen LogP contribution in [0.5, 0.6) is 5.75 Å². The highest BCUT2D eigenvalue weighted by atomic mass is 35.5. The van der Waals surface area contributed by atoms with E-state index in [9.17, 15) is 14.0 Å². The monoisotopic (exact) mass is 396 g/mol. The molecule has 3 aliphatic carbocycles. The number of halogens is 2. The number of nitrogens with one attached hydrogen (secondary N) is 2. The Morgan fingerprint density at radius 1 is 1.27 bits per heavy atom. The Morgan fingerprint density at radius 3 is 2.65 bits per heavy atom. The zero-order chi connectivity index (χ0) is 18.4. The number of rotatable bonds is 6. The molecule has 10 heteroatoms. The van der Waals surface area contributed by atoms with Gasteiger partial charge in [-0.05, 0) is 31.4 Å². The third kappa shape index (κ3) is 3.12. The number of carbonyl (C=O) groups excluding carboxylic acids is 2. The maximum Gasteiger partial charge on any atom is 0.273 e. The first-order chi connectivity index (χ1) is 12.4. The summed E-state index contributed by atoms with van der Waals surface area (Å²) in [5.74, 6) is -0.896. The molecule has 2 aromatic rings. The third-order valence-corrected chi connectivity index (χ3v) is 5.45. The van der Waals surface area contributed by atoms with Gasteiger partial charge >= 0.3 is 0 Å². The van der Waals surface area contributed by atoms with Crippen molar-refractivity contribution >= 4 is 35.1 Å². The number of hydrogen-bond donors (Lipinski definition) is 2. The Morgan fingerprint density at radius 2 is 2.00 bits per heavy atom. The quantitative estimate of drug-likeness (QED) is 0.778. The number of ether oxygens (including phenoxy) is 1. The predicted molar refractivity (Wildman–Crippen MR) is 91.7 cm³/mol. The average molecular weight is 397 g/mol. The summed E-state index contributed by atoms with van der Waals surface area (Å²) >= 11 is 6.58. The van der Waals surface area contributed by atoms with Crippen molar-refractivity contribution in [2.45, 2.75) is 30.3 Å². The van der Waals surface area contributed by atoms with Gasteiger partial charge in [-0.2, -0.15) is 8.75 Å². The van der Waals surface area contributed by atoms with Crippen LogP contribution in [-0.4, -0.2) is 38.2 Å². The number of aromatic nitrogens is 2. The van der Waals surface area contributed by atoms with Gasteiger partial charge in [-0.25, -0.2) is 4.39 Å². The van der Waals surface area contributed by atoms with Gasteiger partial charge in [-0.15, -0.1) is 0 Å². The molecule has 0 saturated heterocycles. The molecule has 3 fully saturated rings. The number of amides is 2. The van der Waals surface area contributed by atoms with Crippen LogP contribution in [0.15, 0.2) is 24.4 Å². The van der Waals surface area contributed by atoms with Gasteiger partial charge in [0.15, 0.2) is 12.3 Å². The van der Waals surface area contributed by atoms with Crippen molar-refractivity contribution in [2.24, 2.45) is 0 Å². The van der Waals surface area contributed by atoms with E-state index in [2.05, 4.69) is 19.4 Å². The molecule has 7 nitrogen and oxygen atoms in total. The summed E-state index contributed by atoms with van der Waals surface area (Å²) in [6.45, 7) is -0.216. The van der Waals surface area contributed by atoms with Gasteiger partial charge in [0, 0.05) is 17.1 Å². The molecule has 136 valence electrons. The molecule has 3 saturated carbocycles. The summed E-state index contributed by atoms with van der Waals surface area (Å²) in [5.41, 5.74) is -0.255. The molecule has 0 unspecified atom stereocenters. The molecule has 2 bridgehead atoms. The molecule has 1 aromatic carbocycles. The summed E-state index contributed by atoms with van der Waals surface area (Å²) in [6, 6.07) is 4.00. The summed E-state index contributed by atoms with van der Waals surface area (Å²) in [4.78, 5) is 24.1. The summed E-state index contributed by atoms with van der Waals surface area (Å²) in [6.07, 6.45) is 3.44. The second-order valence-electron chi connectivity index (χ2n) is 6.75. The van der Waals surface area contributed by atoms with Gasteiger partial charge < -0.3 is 15.4 Å². The van der Waals surface area contributed by atoms with Crippen LogP contribution < -0.4 is 15.4 Å². The fourth-order valence-corrected chi connectivity index (χ4v) is 4.20. The molecular weight excluding hydrogens is 383 g/mol. The fraction of sp³-hybridized carbons (Fsp3) is 0.375. The standard InChI is InChI=1S/C16H14ClFN4O3S/c17-10-2-1-9(3-11(10)18)25-5-13(23)20-15-6-16(7-15,8-15)21-14(24)12-4-19-26-22-12/h1-4H,5-8H2,(H,20,23)(H,21,24). The van der Waals surface area contributed by atoms with Crippen molar-refractivity contribution in [2.75, 3.05) is 6.61 Å². The van der Waals surface area contributed by atoms with E-state index in [1.807, 2.05) is 0 Å². The topological polar surface area (TPSA) is 93.2 Å². The second-order valence-corrected chi connectivity index (χ2v) is 7.71. The minimum atomic E-state index is -0.600. The van der Waals surface area contributed by atoms with Crippen LogP contribution in [-0.2, 0) is 4.79 Å². The zero-order valence-corrected chi connectivity index (χ0v) is 15.0. The largest absolute Gasteiger partial charge is 0.484 e. The first kappa shape index (κ1) is 17.2. The van der Waals surface area contributed by atoms with E-state index >= 15 is 0 Å². The first-order valence-electron chi connectivity index (χ1n) is 7.88. The minimum absolute atomic E-state index is 0.00329. The molecule has 5 rings (SSSR count). The van der Waals surface area contributed by atoms with Gasteiger partial charge in [0.25, 0.3) is 11.8 Å². The van der Waals surface area contributed by atoms with E-state index in [1.54, 1.807) is 0 Å². The van der Waals surface area contributed by atoms with Crippen molar-refractivity contribution in [1.29, 1.82) is 0 Å². The smallest absolute Gasteiger partial charge is 0.273 e. The zero-order valence-electron chi connectivity index (χ0n) is 13.4. The predicted octanol–water partition coefficient (Wildman–Crippen LogP) is 1.93. The highest BCUT2D eigenvalue weighted by Gasteiger charge is 2.69. The van der Waals surface area contributed by atoms with E-state index in [1.165, 1.54) is 18.3 Å². The Hall–Kier alpha value is -2.26. The maximum atomic E-state index is 13.3. The fourth-order valence-electron chi connectivity index (χ4n) is 3.67. The maximum absolute atomic E-state index is 13.3. The van der Waals surface area contributed by atoms with Gasteiger partial charge in [0.05, 0.1) is 22.9 Å². The molecular formula is C16H14ClFN4O3S. The third-order valence-electron chi connectivity index (χ3n) is 4.67. The van der Waals surface area contributed by atoms with Crippen LogP contribution >= 0.6 is 23.3 Å². The Bertz CT molecular complexity index is 857. The molecule has 1 aromatic heterocycles. The van der Waals surface area contributed by atoms with E-state index in [0.717, 1.165) is 17.8 Å². The van der Waals surface area contributed by atoms with Gasteiger partial charge in [0.1, 0.15) is 11.6 Å². The molecule has 0 aliphatic heterocycles. The van der Waals surface area contributed by atoms with E-state index < -0.39 is 5.82 Å². The highest BCUT2D eigenvalue weighted by molar-refractivity contribution is 6.99. The van der Waals surface area contributed by atoms with Crippen LogP contribution in [0.1, 0.15) is 29.8 Å². The Kier molecular flexibility index (Phi) is 4.07. The van der Waals surface area contributed by atoms with Crippen LogP contribution in [0, 0.1) is 5.82 Å². The van der Waals surface area contributed by atoms with Crippen molar-refractivity contribution in [3.63, 3.8) is 0 Å². The van der Waals surface area contributed by atoms with Gasteiger partial charge in [0.2, 0.25) is 0 Å². The number of carbonyl (C=O) groups is 2. The highest BCUT2D eigenvalue weighted by Crippen LogP contribution is 2.60. The number of hydrogen-bond acceptors (Lipinski definition) is 6. The van der Waals surface area contributed by atoms with E-state index in [-0.39, 0.29) is 40.3 Å². The Labute approximate surface area is 157 Å². The summed E-state index contributed by atoms with van der Waals surface area (Å²) in [5, 5.41) is 5.88. The molecule has 0 radical (unpaired) electrons. The number of nitrogens with zero attached hydrogens (tertiary/aromatic N) is 2. The second kappa shape index (κ2) is 6.17. The lowest BCUT2D eigenvalue weighted by Gasteiger charge is -2.70.